The van der Waals surface area contributed by atoms with E-state index in [0.717, 1.165) is 49.6 Å². The average molecular weight is 346 g/mol. The van der Waals surface area contributed by atoms with Gasteiger partial charge in [-0.2, -0.15) is 4.98 Å². The highest BCUT2D eigenvalue weighted by Gasteiger charge is 2.46. The van der Waals surface area contributed by atoms with Gasteiger partial charge in [-0.05, 0) is 43.2 Å². The predicted octanol–water partition coefficient (Wildman–Crippen LogP) is 2.74. The van der Waals surface area contributed by atoms with Crippen LogP contribution in [-0.2, 0) is 0 Å². The molecular weight excluding hydrogens is 324 g/mol. The molecule has 0 saturated carbocycles. The lowest BCUT2D eigenvalue weighted by atomic mass is 9.76. The fraction of sp³-hybridized carbons (Fsp3) is 0.588. The van der Waals surface area contributed by atoms with E-state index in [-0.39, 0.29) is 17.4 Å². The smallest absolute Gasteiger partial charge is 0.263 e. The average Bonchev–Trinajstić information content (AvgIpc) is 3.29. The molecule has 0 N–H and O–H groups in total. The molecule has 24 heavy (non-hydrogen) atoms. The second-order valence-electron chi connectivity index (χ2n) is 7.08. The Hall–Kier alpha value is -1.73. The number of aromatic nitrogens is 2. The minimum Gasteiger partial charge on any atom is -0.340 e. The van der Waals surface area contributed by atoms with Crippen LogP contribution in [-0.4, -0.2) is 52.5 Å². The third-order valence-corrected chi connectivity index (χ3v) is 6.29. The van der Waals surface area contributed by atoms with Crippen LogP contribution in [0.1, 0.15) is 46.7 Å². The Balaban J connectivity index is 1.43. The van der Waals surface area contributed by atoms with Gasteiger partial charge >= 0.3 is 0 Å². The van der Waals surface area contributed by atoms with Gasteiger partial charge in [0.15, 0.2) is 5.82 Å². The van der Waals surface area contributed by atoms with Gasteiger partial charge in [0.05, 0.1) is 10.9 Å². The van der Waals surface area contributed by atoms with E-state index in [4.69, 9.17) is 4.52 Å². The van der Waals surface area contributed by atoms with Crippen molar-refractivity contribution in [2.45, 2.75) is 32.2 Å². The molecule has 4 heterocycles. The van der Waals surface area contributed by atoms with Crippen molar-refractivity contribution < 1.29 is 9.32 Å². The maximum atomic E-state index is 12.5. The normalized spacial score (nSPS) is 23.9. The van der Waals surface area contributed by atoms with Crippen molar-refractivity contribution in [1.82, 2.24) is 19.9 Å². The summed E-state index contributed by atoms with van der Waals surface area (Å²) in [5, 5.41) is 6.07. The van der Waals surface area contributed by atoms with Gasteiger partial charge in [0.1, 0.15) is 0 Å². The number of carbonyl (C=O) groups excluding carboxylic acids is 1. The molecule has 1 amide bonds. The van der Waals surface area contributed by atoms with Crippen molar-refractivity contribution >= 4 is 17.2 Å². The van der Waals surface area contributed by atoms with E-state index in [1.54, 1.807) is 0 Å². The molecule has 0 bridgehead atoms. The van der Waals surface area contributed by atoms with Crippen LogP contribution in [0.5, 0.6) is 0 Å². The first kappa shape index (κ1) is 15.8. The van der Waals surface area contributed by atoms with Crippen molar-refractivity contribution in [3.8, 4) is 0 Å². The molecule has 0 aromatic carbocycles. The molecule has 2 aliphatic rings. The number of amides is 1. The van der Waals surface area contributed by atoms with Gasteiger partial charge in [-0.1, -0.05) is 11.2 Å². The minimum atomic E-state index is 0.177. The quantitative estimate of drug-likeness (QED) is 0.837. The van der Waals surface area contributed by atoms with Crippen LogP contribution in [0.25, 0.3) is 0 Å². The van der Waals surface area contributed by atoms with E-state index in [1.165, 1.54) is 11.3 Å². The third kappa shape index (κ3) is 2.75. The summed E-state index contributed by atoms with van der Waals surface area (Å²) in [6.45, 7) is 4.54. The molecule has 1 atom stereocenters. The Morgan fingerprint density at radius 3 is 2.83 bits per heavy atom. The first-order valence-electron chi connectivity index (χ1n) is 8.40. The first-order chi connectivity index (χ1) is 11.6. The van der Waals surface area contributed by atoms with Crippen LogP contribution in [0, 0.1) is 12.3 Å². The number of thiophene rings is 1. The van der Waals surface area contributed by atoms with Gasteiger partial charge in [0, 0.05) is 26.6 Å². The van der Waals surface area contributed by atoms with Gasteiger partial charge < -0.3 is 9.42 Å². The first-order valence-corrected chi connectivity index (χ1v) is 9.28. The van der Waals surface area contributed by atoms with Crippen LogP contribution in [0.15, 0.2) is 22.0 Å². The van der Waals surface area contributed by atoms with Gasteiger partial charge in [-0.3, -0.25) is 9.69 Å². The summed E-state index contributed by atoms with van der Waals surface area (Å²) in [5.74, 6) is 1.59. The van der Waals surface area contributed by atoms with Crippen molar-refractivity contribution in [3.63, 3.8) is 0 Å². The van der Waals surface area contributed by atoms with Crippen LogP contribution in [0.2, 0.25) is 0 Å². The molecule has 2 saturated heterocycles. The van der Waals surface area contributed by atoms with E-state index in [2.05, 4.69) is 22.1 Å². The summed E-state index contributed by atoms with van der Waals surface area (Å²) in [7, 11) is 2.13. The lowest BCUT2D eigenvalue weighted by molar-refractivity contribution is 0.0598. The molecule has 1 spiro atoms. The SMILES string of the molecule is Cc1nc(C2CC3(CCN(C(=O)c4cccs4)CC3)CN2C)no1. The summed E-state index contributed by atoms with van der Waals surface area (Å²) in [6, 6.07) is 4.07. The number of aryl methyl sites for hydroxylation is 1. The van der Waals surface area contributed by atoms with Gasteiger partial charge in [-0.15, -0.1) is 11.3 Å². The molecule has 6 nitrogen and oxygen atoms in total. The molecule has 4 rings (SSSR count). The molecule has 128 valence electrons. The van der Waals surface area contributed by atoms with Gasteiger partial charge in [0.25, 0.3) is 5.91 Å². The van der Waals surface area contributed by atoms with Crippen molar-refractivity contribution in [3.05, 3.63) is 34.1 Å². The maximum Gasteiger partial charge on any atom is 0.263 e. The topological polar surface area (TPSA) is 62.5 Å². The molecule has 2 fully saturated rings. The summed E-state index contributed by atoms with van der Waals surface area (Å²) in [4.78, 5) is 22.1. The second kappa shape index (κ2) is 5.97. The van der Waals surface area contributed by atoms with E-state index >= 15 is 0 Å². The van der Waals surface area contributed by atoms with Crippen LogP contribution < -0.4 is 0 Å². The van der Waals surface area contributed by atoms with Crippen molar-refractivity contribution in [1.29, 1.82) is 0 Å². The summed E-state index contributed by atoms with van der Waals surface area (Å²) < 4.78 is 5.15. The lowest BCUT2D eigenvalue weighted by Crippen LogP contribution is -2.43. The zero-order chi connectivity index (χ0) is 16.7. The van der Waals surface area contributed by atoms with Crippen molar-refractivity contribution in [2.75, 3.05) is 26.7 Å². The number of piperidine rings is 1. The highest BCUT2D eigenvalue weighted by molar-refractivity contribution is 7.12. The minimum absolute atomic E-state index is 0.177. The molecular formula is C17H22N4O2S. The van der Waals surface area contributed by atoms with Gasteiger partial charge in [-0.25, -0.2) is 0 Å². The summed E-state index contributed by atoms with van der Waals surface area (Å²) >= 11 is 1.52. The fourth-order valence-corrected chi connectivity index (χ4v) is 4.80. The molecule has 2 aliphatic heterocycles. The highest BCUT2D eigenvalue weighted by Crippen LogP contribution is 2.47. The zero-order valence-corrected chi connectivity index (χ0v) is 14.9. The van der Waals surface area contributed by atoms with Crippen LogP contribution in [0.4, 0.5) is 0 Å². The molecule has 7 heteroatoms. The number of hydrogen-bond donors (Lipinski definition) is 0. The Bertz CT molecular complexity index is 719. The standard InChI is InChI=1S/C17H22N4O2S/c1-12-18-15(19-23-12)13-10-17(11-20(13)2)5-7-21(8-6-17)16(22)14-4-3-9-24-14/h3-4,9,13H,5-8,10-11H2,1-2H3. The zero-order valence-electron chi connectivity index (χ0n) is 14.1. The summed E-state index contributed by atoms with van der Waals surface area (Å²) in [6.07, 6.45) is 3.13. The number of nitrogens with zero attached hydrogens (tertiary/aromatic N) is 4. The molecule has 2 aromatic rings. The molecule has 2 aromatic heterocycles. The Morgan fingerprint density at radius 1 is 1.42 bits per heavy atom. The van der Waals surface area contributed by atoms with Crippen molar-refractivity contribution in [2.24, 2.45) is 5.41 Å². The summed E-state index contributed by atoms with van der Waals surface area (Å²) in [5.41, 5.74) is 0.264. The second-order valence-corrected chi connectivity index (χ2v) is 8.02. The van der Waals surface area contributed by atoms with Crippen LogP contribution >= 0.6 is 11.3 Å². The number of likely N-dealkylation sites (tertiary alicyclic amines) is 2. The largest absolute Gasteiger partial charge is 0.340 e. The molecule has 1 unspecified atom stereocenters. The van der Waals surface area contributed by atoms with Gasteiger partial charge in [0.2, 0.25) is 5.89 Å². The Morgan fingerprint density at radius 2 is 2.21 bits per heavy atom. The number of rotatable bonds is 2. The molecule has 0 aliphatic carbocycles. The van der Waals surface area contributed by atoms with E-state index in [9.17, 15) is 4.79 Å². The highest BCUT2D eigenvalue weighted by atomic mass is 32.1. The lowest BCUT2D eigenvalue weighted by Gasteiger charge is -2.39. The van der Waals surface area contributed by atoms with E-state index in [1.807, 2.05) is 29.3 Å². The Labute approximate surface area is 145 Å². The predicted molar refractivity (Wildman–Crippen MR) is 90.9 cm³/mol. The number of carbonyl (C=O) groups is 1. The maximum absolute atomic E-state index is 12.5. The van der Waals surface area contributed by atoms with E-state index in [0.29, 0.717) is 5.89 Å². The monoisotopic (exact) mass is 346 g/mol. The van der Waals surface area contributed by atoms with Crippen LogP contribution in [0.3, 0.4) is 0 Å². The third-order valence-electron chi connectivity index (χ3n) is 5.43. The van der Waals surface area contributed by atoms with E-state index < -0.39 is 0 Å². The molecule has 0 radical (unpaired) electrons. The fourth-order valence-electron chi connectivity index (χ4n) is 4.11. The Kier molecular flexibility index (Phi) is 3.92. The number of hydrogen-bond acceptors (Lipinski definition) is 6.